The summed E-state index contributed by atoms with van der Waals surface area (Å²) >= 11 is 0. The van der Waals surface area contributed by atoms with Crippen LogP contribution in [0, 0.1) is 0 Å². The molecule has 0 fully saturated rings. The molecule has 2 N–H and O–H groups in total. The van der Waals surface area contributed by atoms with Crippen molar-refractivity contribution in [3.8, 4) is 11.5 Å². The molecule has 0 unspecified atom stereocenters. The highest BCUT2D eigenvalue weighted by Gasteiger charge is 2.30. The molecule has 166 valence electrons. The van der Waals surface area contributed by atoms with Crippen molar-refractivity contribution in [3.63, 3.8) is 0 Å². The maximum absolute atomic E-state index is 12.5. The first kappa shape index (κ1) is 21.7. The summed E-state index contributed by atoms with van der Waals surface area (Å²) in [5, 5.41) is 0. The highest BCUT2D eigenvalue weighted by molar-refractivity contribution is 6.30. The Morgan fingerprint density at radius 3 is 2.72 bits per heavy atom. The number of carbonyl (C=O) groups is 1. The van der Waals surface area contributed by atoms with Crippen LogP contribution in [0.15, 0.2) is 53.9 Å². The summed E-state index contributed by atoms with van der Waals surface area (Å²) in [4.78, 5) is 12.5. The number of hydrogen-bond donors (Lipinski definition) is 1. The molecule has 32 heavy (non-hydrogen) atoms. The molecule has 0 saturated carbocycles. The van der Waals surface area contributed by atoms with E-state index in [2.05, 4.69) is 40.3 Å². The molecule has 1 aromatic carbocycles. The molecule has 8 heteroatoms. The lowest BCUT2D eigenvalue weighted by molar-refractivity contribution is -0.314. The summed E-state index contributed by atoms with van der Waals surface area (Å²) in [5.41, 5.74) is 13.1. The molecular weight excluding hydrogens is 405 g/mol. The predicted molar refractivity (Wildman–Crippen MR) is 128 cm³/mol. The van der Waals surface area contributed by atoms with E-state index in [0.717, 1.165) is 12.1 Å². The second kappa shape index (κ2) is 8.92. The monoisotopic (exact) mass is 433 g/mol. The average Bonchev–Trinajstić information content (AvgIpc) is 3.41. The number of fused-ring (bicyclic) bond motifs is 2. The summed E-state index contributed by atoms with van der Waals surface area (Å²) < 4.78 is 20.6. The van der Waals surface area contributed by atoms with Crippen molar-refractivity contribution in [2.75, 3.05) is 27.9 Å². The van der Waals surface area contributed by atoms with Gasteiger partial charge in [-0.1, -0.05) is 0 Å². The Morgan fingerprint density at radius 2 is 2.03 bits per heavy atom. The van der Waals surface area contributed by atoms with Crippen molar-refractivity contribution >= 4 is 30.9 Å². The van der Waals surface area contributed by atoms with Crippen LogP contribution < -0.4 is 15.2 Å². The van der Waals surface area contributed by atoms with Gasteiger partial charge in [0.25, 0.3) is 0 Å². The van der Waals surface area contributed by atoms with E-state index in [9.17, 15) is 4.79 Å². The molecule has 2 aliphatic heterocycles. The van der Waals surface area contributed by atoms with E-state index < -0.39 is 13.5 Å². The van der Waals surface area contributed by atoms with Crippen LogP contribution in [-0.2, 0) is 4.74 Å². The second-order valence-electron chi connectivity index (χ2n) is 8.00. The third kappa shape index (κ3) is 3.67. The van der Waals surface area contributed by atoms with Crippen LogP contribution in [0.1, 0.15) is 35.0 Å². The molecule has 2 aliphatic rings. The summed E-state index contributed by atoms with van der Waals surface area (Å²) in [7, 11) is 3.85. The van der Waals surface area contributed by atoms with Gasteiger partial charge >= 0.3 is 13.5 Å². The summed E-state index contributed by atoms with van der Waals surface area (Å²) in [6, 6.07) is 7.69. The fraction of sp³-hybridized carbons (Fsp3) is 0.250. The standard InChI is InChI=1S/C24H28BN3O4/c1-15-12-16(28-23(15)19(9-10-26)21-6-5-11-27(21)25-28)7-8-18-20(24(29)32-4)13-17(30-2)14-22(18)31-3/h5-8,11-14H,9-10,25-26H2,1-4H3/b8-7+. The molecule has 0 spiro atoms. The minimum atomic E-state index is -0.637. The SMILES string of the molecule is COC(=O)c1cc(OC)cc(OC)c1/C=C/C1=[N+]2[BH2-]n3cccc3C(CCN)=C2C(C)=C1. The van der Waals surface area contributed by atoms with Gasteiger partial charge in [-0.05, 0) is 50.4 Å². The van der Waals surface area contributed by atoms with Crippen molar-refractivity contribution < 1.29 is 23.5 Å². The largest absolute Gasteiger partial charge is 0.497 e. The van der Waals surface area contributed by atoms with Crippen molar-refractivity contribution in [3.05, 3.63) is 70.7 Å². The Kier molecular flexibility index (Phi) is 6.05. The minimum Gasteiger partial charge on any atom is -0.497 e. The number of esters is 1. The third-order valence-electron chi connectivity index (χ3n) is 6.21. The molecule has 0 radical (unpaired) electrons. The van der Waals surface area contributed by atoms with Crippen LogP contribution in [0.5, 0.6) is 11.5 Å². The Hall–Kier alpha value is -3.52. The molecular formula is C24H28BN3O4. The number of nitrogens with zero attached hydrogens (tertiary/aromatic N) is 2. The van der Waals surface area contributed by atoms with Crippen LogP contribution in [0.2, 0.25) is 0 Å². The maximum Gasteiger partial charge on any atom is 0.353 e. The Labute approximate surface area is 188 Å². The number of hydrogen-bond acceptors (Lipinski definition) is 5. The number of aromatic nitrogens is 1. The number of ether oxygens (including phenoxy) is 3. The highest BCUT2D eigenvalue weighted by atomic mass is 16.5. The fourth-order valence-electron chi connectivity index (χ4n) is 4.78. The van der Waals surface area contributed by atoms with Crippen molar-refractivity contribution in [1.29, 1.82) is 0 Å². The zero-order chi connectivity index (χ0) is 22.8. The number of carbonyl (C=O) groups excluding carboxylic acids is 1. The van der Waals surface area contributed by atoms with Gasteiger partial charge in [-0.2, -0.15) is 0 Å². The van der Waals surface area contributed by atoms with E-state index in [1.54, 1.807) is 26.4 Å². The van der Waals surface area contributed by atoms with Gasteiger partial charge in [-0.25, -0.2) is 4.79 Å². The maximum atomic E-state index is 12.5. The van der Waals surface area contributed by atoms with E-state index in [4.69, 9.17) is 19.9 Å². The van der Waals surface area contributed by atoms with E-state index in [1.807, 2.05) is 12.2 Å². The Bertz CT molecular complexity index is 1200. The van der Waals surface area contributed by atoms with Gasteiger partial charge in [-0.3, -0.25) is 0 Å². The number of rotatable bonds is 7. The van der Waals surface area contributed by atoms with Crippen molar-refractivity contribution in [2.24, 2.45) is 5.73 Å². The topological polar surface area (TPSA) is 78.7 Å². The van der Waals surface area contributed by atoms with Crippen LogP contribution >= 0.6 is 0 Å². The molecule has 3 heterocycles. The molecule has 0 aliphatic carbocycles. The van der Waals surface area contributed by atoms with Crippen molar-refractivity contribution in [1.82, 2.24) is 4.48 Å². The van der Waals surface area contributed by atoms with Crippen LogP contribution in [-0.4, -0.2) is 56.1 Å². The first-order chi connectivity index (χ1) is 15.5. The molecule has 0 bridgehead atoms. The first-order valence-corrected chi connectivity index (χ1v) is 10.7. The van der Waals surface area contributed by atoms with Crippen molar-refractivity contribution in [2.45, 2.75) is 13.3 Å². The smallest absolute Gasteiger partial charge is 0.353 e. The van der Waals surface area contributed by atoms with E-state index in [0.29, 0.717) is 29.2 Å². The molecule has 0 atom stereocenters. The molecule has 2 aromatic rings. The van der Waals surface area contributed by atoms with E-state index in [-0.39, 0.29) is 0 Å². The Morgan fingerprint density at radius 1 is 1.22 bits per heavy atom. The number of methoxy groups -OCH3 is 3. The summed E-state index contributed by atoms with van der Waals surface area (Å²) in [6.45, 7) is 2.74. The van der Waals surface area contributed by atoms with Gasteiger partial charge < -0.3 is 28.9 Å². The lowest BCUT2D eigenvalue weighted by atomic mass is 9.93. The van der Waals surface area contributed by atoms with Gasteiger partial charge in [0.05, 0.1) is 26.9 Å². The number of allylic oxidation sites excluding steroid dienone is 3. The Balaban J connectivity index is 1.83. The van der Waals surface area contributed by atoms with Crippen LogP contribution in [0.3, 0.4) is 0 Å². The summed E-state index contributed by atoms with van der Waals surface area (Å²) in [6.07, 6.45) is 9.09. The average molecular weight is 433 g/mol. The van der Waals surface area contributed by atoms with E-state index in [1.165, 1.54) is 29.6 Å². The summed E-state index contributed by atoms with van der Waals surface area (Å²) in [5.74, 6) is 0.629. The molecule has 7 nitrogen and oxygen atoms in total. The highest BCUT2D eigenvalue weighted by Crippen LogP contribution is 2.34. The predicted octanol–water partition coefficient (Wildman–Crippen LogP) is 2.34. The third-order valence-corrected chi connectivity index (χ3v) is 6.21. The van der Waals surface area contributed by atoms with Gasteiger partial charge in [0.1, 0.15) is 11.5 Å². The van der Waals surface area contributed by atoms with Gasteiger partial charge in [0.2, 0.25) is 0 Å². The van der Waals surface area contributed by atoms with Crippen LogP contribution in [0.25, 0.3) is 11.6 Å². The minimum absolute atomic E-state index is 0.390. The lowest BCUT2D eigenvalue weighted by Crippen LogP contribution is -2.31. The lowest BCUT2D eigenvalue weighted by Gasteiger charge is -2.26. The van der Waals surface area contributed by atoms with Crippen LogP contribution in [0.4, 0.5) is 0 Å². The molecule has 0 amide bonds. The first-order valence-electron chi connectivity index (χ1n) is 10.7. The van der Waals surface area contributed by atoms with Gasteiger partial charge in [0.15, 0.2) is 11.4 Å². The molecule has 4 rings (SSSR count). The fourth-order valence-corrected chi connectivity index (χ4v) is 4.78. The molecule has 1 aromatic heterocycles. The quantitative estimate of drug-likeness (QED) is 0.536. The number of nitrogens with two attached hydrogens (primary N) is 1. The number of benzene rings is 1. The normalized spacial score (nSPS) is 15.1. The zero-order valence-electron chi connectivity index (χ0n) is 19.1. The second-order valence-corrected chi connectivity index (χ2v) is 8.00. The van der Waals surface area contributed by atoms with Gasteiger partial charge in [0, 0.05) is 40.6 Å². The molecule has 0 saturated heterocycles. The van der Waals surface area contributed by atoms with Gasteiger partial charge in [-0.15, -0.1) is 0 Å². The zero-order valence-corrected chi connectivity index (χ0v) is 19.1. The van der Waals surface area contributed by atoms with E-state index >= 15 is 0 Å².